The number of amides is 1. The number of aliphatic hydroxyl groups excluding tert-OH is 1. The number of rotatable bonds is 2. The Balaban J connectivity index is 1.68. The zero-order chi connectivity index (χ0) is 17.6. The van der Waals surface area contributed by atoms with Crippen LogP contribution in [0.5, 0.6) is 0 Å². The fourth-order valence-electron chi connectivity index (χ4n) is 3.29. The number of aromatic nitrogens is 2. The largest absolute Gasteiger partial charge is 0.391 e. The van der Waals surface area contributed by atoms with Gasteiger partial charge in [0.05, 0.1) is 17.7 Å². The number of hydrogen-bond donors (Lipinski definition) is 1. The van der Waals surface area contributed by atoms with Gasteiger partial charge >= 0.3 is 0 Å². The first-order valence-electron chi connectivity index (χ1n) is 7.89. The number of hydrogen-bond acceptors (Lipinski definition) is 3. The maximum atomic E-state index is 13.6. The molecule has 0 bridgehead atoms. The van der Waals surface area contributed by atoms with Crippen molar-refractivity contribution in [2.45, 2.75) is 18.6 Å². The zero-order valence-electron chi connectivity index (χ0n) is 13.1. The van der Waals surface area contributed by atoms with Gasteiger partial charge in [-0.1, -0.05) is 6.07 Å². The molecule has 2 atom stereocenters. The monoisotopic (exact) mass is 343 g/mol. The molecule has 0 aliphatic carbocycles. The number of carbonyl (C=O) groups is 1. The molecular weight excluding hydrogens is 328 g/mol. The molecule has 1 N–H and O–H groups in total. The summed E-state index contributed by atoms with van der Waals surface area (Å²) >= 11 is 0. The normalized spacial score (nSPS) is 20.4. The van der Waals surface area contributed by atoms with E-state index in [9.17, 15) is 18.7 Å². The molecule has 3 heterocycles. The van der Waals surface area contributed by atoms with E-state index in [1.165, 1.54) is 11.0 Å². The second kappa shape index (κ2) is 5.93. The summed E-state index contributed by atoms with van der Waals surface area (Å²) in [4.78, 5) is 18.5. The van der Waals surface area contributed by atoms with Gasteiger partial charge in [-0.15, -0.1) is 0 Å². The molecule has 1 aromatic carbocycles. The van der Waals surface area contributed by atoms with Crippen LogP contribution >= 0.6 is 0 Å². The van der Waals surface area contributed by atoms with Crippen molar-refractivity contribution in [3.8, 4) is 0 Å². The number of pyridine rings is 1. The van der Waals surface area contributed by atoms with E-state index in [4.69, 9.17) is 0 Å². The minimum atomic E-state index is -0.967. The van der Waals surface area contributed by atoms with Crippen LogP contribution in [0.2, 0.25) is 0 Å². The van der Waals surface area contributed by atoms with E-state index in [0.717, 1.165) is 17.8 Å². The molecule has 2 aromatic heterocycles. The van der Waals surface area contributed by atoms with Crippen molar-refractivity contribution in [1.82, 2.24) is 14.3 Å². The second-order valence-electron chi connectivity index (χ2n) is 6.15. The van der Waals surface area contributed by atoms with E-state index >= 15 is 0 Å². The molecule has 1 saturated heterocycles. The van der Waals surface area contributed by atoms with Crippen LogP contribution in [0.15, 0.2) is 48.9 Å². The third-order valence-electron chi connectivity index (χ3n) is 4.50. The molecule has 128 valence electrons. The van der Waals surface area contributed by atoms with Gasteiger partial charge in [0, 0.05) is 25.1 Å². The van der Waals surface area contributed by atoms with Gasteiger partial charge in [-0.3, -0.25) is 4.79 Å². The van der Waals surface area contributed by atoms with E-state index < -0.39 is 23.8 Å². The molecular formula is C18H15F2N3O2. The topological polar surface area (TPSA) is 57.8 Å². The number of nitrogens with zero attached hydrogens (tertiary/aromatic N) is 3. The highest BCUT2D eigenvalue weighted by Gasteiger charge is 2.36. The standard InChI is InChI=1S/C18H15F2N3O2/c19-14-3-1-11(7-15(14)20)16-8-13(24)10-23(16)18(25)12-2-4-17-21-5-6-22(17)9-12/h1-7,9,13,16,24H,8,10H2/t13-,16-/m0/s1. The van der Waals surface area contributed by atoms with Crippen molar-refractivity contribution >= 4 is 11.6 Å². The molecule has 1 amide bonds. The van der Waals surface area contributed by atoms with Crippen molar-refractivity contribution in [3.05, 3.63) is 71.7 Å². The minimum absolute atomic E-state index is 0.143. The average molecular weight is 343 g/mol. The van der Waals surface area contributed by atoms with Crippen molar-refractivity contribution < 1.29 is 18.7 Å². The van der Waals surface area contributed by atoms with Crippen molar-refractivity contribution in [1.29, 1.82) is 0 Å². The minimum Gasteiger partial charge on any atom is -0.391 e. The number of imidazole rings is 1. The molecule has 1 aliphatic rings. The summed E-state index contributed by atoms with van der Waals surface area (Å²) in [5, 5.41) is 10.0. The first-order chi connectivity index (χ1) is 12.0. The quantitative estimate of drug-likeness (QED) is 0.778. The number of likely N-dealkylation sites (tertiary alicyclic amines) is 1. The highest BCUT2D eigenvalue weighted by molar-refractivity contribution is 5.94. The summed E-state index contributed by atoms with van der Waals surface area (Å²) in [5.74, 6) is -2.18. The Labute approximate surface area is 142 Å². The van der Waals surface area contributed by atoms with E-state index in [0.29, 0.717) is 11.1 Å². The SMILES string of the molecule is O=C(c1ccc2nccn2c1)N1C[C@@H](O)C[C@H]1c1ccc(F)c(F)c1. The maximum absolute atomic E-state index is 13.6. The predicted octanol–water partition coefficient (Wildman–Crippen LogP) is 2.56. The highest BCUT2D eigenvalue weighted by Crippen LogP contribution is 2.34. The summed E-state index contributed by atoms with van der Waals surface area (Å²) < 4.78 is 28.5. The lowest BCUT2D eigenvalue weighted by Crippen LogP contribution is -2.32. The van der Waals surface area contributed by atoms with Crippen molar-refractivity contribution in [3.63, 3.8) is 0 Å². The molecule has 1 fully saturated rings. The smallest absolute Gasteiger partial charge is 0.255 e. The number of halogens is 2. The summed E-state index contributed by atoms with van der Waals surface area (Å²) in [7, 11) is 0. The Hall–Kier alpha value is -2.80. The molecule has 0 radical (unpaired) electrons. The van der Waals surface area contributed by atoms with Crippen molar-refractivity contribution in [2.24, 2.45) is 0 Å². The fraction of sp³-hybridized carbons (Fsp3) is 0.222. The van der Waals surface area contributed by atoms with Crippen molar-refractivity contribution in [2.75, 3.05) is 6.54 Å². The van der Waals surface area contributed by atoms with Gasteiger partial charge in [-0.05, 0) is 36.2 Å². The number of aliphatic hydroxyl groups is 1. The third-order valence-corrected chi connectivity index (χ3v) is 4.50. The molecule has 4 rings (SSSR count). The molecule has 5 nitrogen and oxygen atoms in total. The van der Waals surface area contributed by atoms with Crippen LogP contribution in [0.25, 0.3) is 5.65 Å². The zero-order valence-corrected chi connectivity index (χ0v) is 13.1. The molecule has 0 spiro atoms. The lowest BCUT2D eigenvalue weighted by molar-refractivity contribution is 0.0715. The summed E-state index contributed by atoms with van der Waals surface area (Å²) in [6, 6.07) is 6.45. The second-order valence-corrected chi connectivity index (χ2v) is 6.15. The molecule has 1 aliphatic heterocycles. The molecule has 3 aromatic rings. The van der Waals surface area contributed by atoms with Crippen LogP contribution in [0.1, 0.15) is 28.4 Å². The van der Waals surface area contributed by atoms with E-state index in [1.54, 1.807) is 35.1 Å². The van der Waals surface area contributed by atoms with Crippen LogP contribution in [0.3, 0.4) is 0 Å². The van der Waals surface area contributed by atoms with Crippen LogP contribution < -0.4 is 0 Å². The van der Waals surface area contributed by atoms with Gasteiger partial charge in [-0.25, -0.2) is 13.8 Å². The maximum Gasteiger partial charge on any atom is 0.255 e. The Morgan fingerprint density at radius 3 is 2.84 bits per heavy atom. The summed E-state index contributed by atoms with van der Waals surface area (Å²) in [6.07, 6.45) is 4.60. The Morgan fingerprint density at radius 2 is 2.04 bits per heavy atom. The summed E-state index contributed by atoms with van der Waals surface area (Å²) in [5.41, 5.74) is 1.62. The van der Waals surface area contributed by atoms with Gasteiger partial charge in [0.2, 0.25) is 0 Å². The first kappa shape index (κ1) is 15.7. The lowest BCUT2D eigenvalue weighted by atomic mass is 10.0. The van der Waals surface area contributed by atoms with E-state index in [-0.39, 0.29) is 18.9 Å². The van der Waals surface area contributed by atoms with E-state index in [1.807, 2.05) is 0 Å². The Bertz CT molecular complexity index is 956. The van der Waals surface area contributed by atoms with Gasteiger partial charge < -0.3 is 14.4 Å². The van der Waals surface area contributed by atoms with Gasteiger partial charge in [0.25, 0.3) is 5.91 Å². The Kier molecular flexibility index (Phi) is 3.73. The first-order valence-corrected chi connectivity index (χ1v) is 7.89. The van der Waals surface area contributed by atoms with E-state index in [2.05, 4.69) is 4.98 Å². The molecule has 7 heteroatoms. The van der Waals surface area contributed by atoms with Crippen LogP contribution in [-0.4, -0.2) is 37.9 Å². The lowest BCUT2D eigenvalue weighted by Gasteiger charge is -2.25. The van der Waals surface area contributed by atoms with Crippen LogP contribution in [0, 0.1) is 11.6 Å². The van der Waals surface area contributed by atoms with Crippen LogP contribution in [0.4, 0.5) is 8.78 Å². The van der Waals surface area contributed by atoms with Gasteiger partial charge in [0.1, 0.15) is 5.65 Å². The fourth-order valence-corrected chi connectivity index (χ4v) is 3.29. The molecule has 0 saturated carbocycles. The number of carbonyl (C=O) groups excluding carboxylic acids is 1. The molecule has 25 heavy (non-hydrogen) atoms. The van der Waals surface area contributed by atoms with Gasteiger partial charge in [-0.2, -0.15) is 0 Å². The average Bonchev–Trinajstić information content (AvgIpc) is 3.22. The predicted molar refractivity (Wildman–Crippen MR) is 86.0 cm³/mol. The summed E-state index contributed by atoms with van der Waals surface area (Å²) in [6.45, 7) is 0.143. The molecule has 0 unspecified atom stereocenters. The van der Waals surface area contributed by atoms with Gasteiger partial charge in [0.15, 0.2) is 11.6 Å². The Morgan fingerprint density at radius 1 is 1.20 bits per heavy atom. The number of fused-ring (bicyclic) bond motifs is 1. The number of benzene rings is 1. The number of β-amino-alcohol motifs (C(OH)–C–C–N with tert-alkyl or cyclic N) is 1. The highest BCUT2D eigenvalue weighted by atomic mass is 19.2. The third kappa shape index (κ3) is 2.76. The van der Waals surface area contributed by atoms with Crippen LogP contribution in [-0.2, 0) is 0 Å².